The van der Waals surface area contributed by atoms with Crippen LogP contribution in [-0.4, -0.2) is 45.4 Å². The largest absolute Gasteiger partial charge is 0.468 e. The molecule has 1 aliphatic rings. The molecular weight excluding hydrogens is 358 g/mol. The average Bonchev–Trinajstić information content (AvgIpc) is 3.43. The fourth-order valence-corrected chi connectivity index (χ4v) is 3.44. The Morgan fingerprint density at radius 3 is 2.71 bits per heavy atom. The van der Waals surface area contributed by atoms with Crippen LogP contribution in [0.5, 0.6) is 0 Å². The fourth-order valence-electron chi connectivity index (χ4n) is 3.44. The number of carbonyl (C=O) groups excluding carboxylic acids is 1. The summed E-state index contributed by atoms with van der Waals surface area (Å²) in [5, 5.41) is 2.85. The molecular formula is C20H21N5O3. The summed E-state index contributed by atoms with van der Waals surface area (Å²) >= 11 is 0. The van der Waals surface area contributed by atoms with Crippen LogP contribution in [0.25, 0.3) is 11.4 Å². The van der Waals surface area contributed by atoms with E-state index < -0.39 is 11.5 Å². The van der Waals surface area contributed by atoms with Crippen molar-refractivity contribution in [1.29, 1.82) is 0 Å². The van der Waals surface area contributed by atoms with Crippen molar-refractivity contribution in [2.75, 3.05) is 19.6 Å². The molecule has 8 heteroatoms. The van der Waals surface area contributed by atoms with E-state index in [-0.39, 0.29) is 11.6 Å². The Kier molecular flexibility index (Phi) is 5.29. The normalized spacial score (nSPS) is 15.4. The molecule has 3 aromatic heterocycles. The highest BCUT2D eigenvalue weighted by Gasteiger charge is 2.26. The first kappa shape index (κ1) is 18.1. The molecule has 0 aromatic carbocycles. The molecule has 1 unspecified atom stereocenters. The van der Waals surface area contributed by atoms with E-state index in [0.29, 0.717) is 12.4 Å². The van der Waals surface area contributed by atoms with E-state index in [9.17, 15) is 9.59 Å². The zero-order chi connectivity index (χ0) is 19.3. The maximum Gasteiger partial charge on any atom is 0.264 e. The minimum absolute atomic E-state index is 0.0163. The standard InChI is InChI=1S/C20H21N5O3/c26-19(15-12-22-18(24-20(15)27)14-5-7-21-8-6-14)23-13-16(17-4-3-11-28-17)25-9-1-2-10-25/h3-8,11-12,16H,1-2,9-10,13H2,(H,23,26)(H,22,24,27). The lowest BCUT2D eigenvalue weighted by Gasteiger charge is -2.25. The Labute approximate surface area is 161 Å². The van der Waals surface area contributed by atoms with E-state index >= 15 is 0 Å². The van der Waals surface area contributed by atoms with Crippen molar-refractivity contribution >= 4 is 5.91 Å². The second-order valence-corrected chi connectivity index (χ2v) is 6.69. The van der Waals surface area contributed by atoms with Crippen molar-refractivity contribution < 1.29 is 9.21 Å². The van der Waals surface area contributed by atoms with Crippen LogP contribution in [0.2, 0.25) is 0 Å². The Morgan fingerprint density at radius 2 is 2.04 bits per heavy atom. The van der Waals surface area contributed by atoms with Gasteiger partial charge in [0, 0.05) is 30.7 Å². The van der Waals surface area contributed by atoms with Gasteiger partial charge in [0.15, 0.2) is 0 Å². The van der Waals surface area contributed by atoms with E-state index in [1.54, 1.807) is 30.8 Å². The molecule has 1 saturated heterocycles. The van der Waals surface area contributed by atoms with Crippen LogP contribution in [0.1, 0.15) is 35.0 Å². The highest BCUT2D eigenvalue weighted by atomic mass is 16.3. The molecule has 2 N–H and O–H groups in total. The number of amides is 1. The second-order valence-electron chi connectivity index (χ2n) is 6.69. The number of likely N-dealkylation sites (tertiary alicyclic amines) is 1. The third kappa shape index (κ3) is 3.86. The summed E-state index contributed by atoms with van der Waals surface area (Å²) in [5.41, 5.74) is 0.235. The number of aromatic nitrogens is 3. The maximum atomic E-state index is 12.6. The summed E-state index contributed by atoms with van der Waals surface area (Å²) < 4.78 is 5.56. The maximum absolute atomic E-state index is 12.6. The molecule has 0 saturated carbocycles. The van der Waals surface area contributed by atoms with E-state index in [1.165, 1.54) is 6.20 Å². The van der Waals surface area contributed by atoms with Gasteiger partial charge in [0.05, 0.1) is 12.3 Å². The number of hydrogen-bond donors (Lipinski definition) is 2. The summed E-state index contributed by atoms with van der Waals surface area (Å²) in [6.07, 6.45) is 8.43. The quantitative estimate of drug-likeness (QED) is 0.679. The molecule has 4 heterocycles. The number of pyridine rings is 1. The molecule has 0 aliphatic carbocycles. The average molecular weight is 379 g/mol. The van der Waals surface area contributed by atoms with Gasteiger partial charge in [-0.05, 0) is 50.2 Å². The van der Waals surface area contributed by atoms with Gasteiger partial charge < -0.3 is 14.7 Å². The van der Waals surface area contributed by atoms with Gasteiger partial charge in [0.1, 0.15) is 17.1 Å². The van der Waals surface area contributed by atoms with Gasteiger partial charge in [-0.1, -0.05) is 0 Å². The van der Waals surface area contributed by atoms with Gasteiger partial charge in [-0.3, -0.25) is 19.5 Å². The van der Waals surface area contributed by atoms with Gasteiger partial charge in [0.25, 0.3) is 11.5 Å². The molecule has 1 atom stereocenters. The fraction of sp³-hybridized carbons (Fsp3) is 0.300. The lowest BCUT2D eigenvalue weighted by atomic mass is 10.2. The van der Waals surface area contributed by atoms with E-state index in [1.807, 2.05) is 12.1 Å². The molecule has 8 nitrogen and oxygen atoms in total. The summed E-state index contributed by atoms with van der Waals surface area (Å²) in [4.78, 5) is 38.1. The minimum atomic E-state index is -0.477. The number of nitrogens with zero attached hydrogens (tertiary/aromatic N) is 3. The summed E-state index contributed by atoms with van der Waals surface area (Å²) in [6, 6.07) is 7.17. The third-order valence-electron chi connectivity index (χ3n) is 4.91. The Hall–Kier alpha value is -3.26. The van der Waals surface area contributed by atoms with Crippen LogP contribution in [0, 0.1) is 0 Å². The van der Waals surface area contributed by atoms with Crippen molar-refractivity contribution in [3.05, 3.63) is 70.8 Å². The van der Waals surface area contributed by atoms with Gasteiger partial charge in [-0.15, -0.1) is 0 Å². The number of nitrogens with one attached hydrogen (secondary N) is 2. The molecule has 0 radical (unpaired) electrons. The first-order valence-electron chi connectivity index (χ1n) is 9.28. The molecule has 1 fully saturated rings. The van der Waals surface area contributed by atoms with E-state index in [2.05, 4.69) is 25.2 Å². The SMILES string of the molecule is O=C(NCC(c1ccco1)N1CCCC1)c1cnc(-c2ccncc2)[nH]c1=O. The smallest absolute Gasteiger partial charge is 0.264 e. The van der Waals surface area contributed by atoms with Crippen molar-refractivity contribution in [3.8, 4) is 11.4 Å². The van der Waals surface area contributed by atoms with Crippen LogP contribution in [0.15, 0.2) is 58.3 Å². The second kappa shape index (κ2) is 8.18. The Bertz CT molecular complexity index is 979. The third-order valence-corrected chi connectivity index (χ3v) is 4.91. The Balaban J connectivity index is 1.48. The summed E-state index contributed by atoms with van der Waals surface area (Å²) in [7, 11) is 0. The summed E-state index contributed by atoms with van der Waals surface area (Å²) in [5.74, 6) is 0.752. The van der Waals surface area contributed by atoms with Crippen LogP contribution in [0.4, 0.5) is 0 Å². The molecule has 0 spiro atoms. The zero-order valence-electron chi connectivity index (χ0n) is 15.3. The van der Waals surface area contributed by atoms with Gasteiger partial charge in [-0.2, -0.15) is 0 Å². The minimum Gasteiger partial charge on any atom is -0.468 e. The number of carbonyl (C=O) groups is 1. The Morgan fingerprint density at radius 1 is 1.25 bits per heavy atom. The number of rotatable bonds is 6. The van der Waals surface area contributed by atoms with Crippen molar-refractivity contribution in [2.45, 2.75) is 18.9 Å². The van der Waals surface area contributed by atoms with Crippen LogP contribution < -0.4 is 10.9 Å². The van der Waals surface area contributed by atoms with Crippen molar-refractivity contribution in [1.82, 2.24) is 25.2 Å². The van der Waals surface area contributed by atoms with Crippen molar-refractivity contribution in [3.63, 3.8) is 0 Å². The topological polar surface area (TPSA) is 104 Å². The van der Waals surface area contributed by atoms with Crippen LogP contribution >= 0.6 is 0 Å². The number of furan rings is 1. The predicted molar refractivity (Wildman–Crippen MR) is 103 cm³/mol. The van der Waals surface area contributed by atoms with Gasteiger partial charge in [0.2, 0.25) is 0 Å². The van der Waals surface area contributed by atoms with E-state index in [4.69, 9.17) is 4.42 Å². The van der Waals surface area contributed by atoms with Crippen LogP contribution in [-0.2, 0) is 0 Å². The molecule has 28 heavy (non-hydrogen) atoms. The summed E-state index contributed by atoms with van der Waals surface area (Å²) in [6.45, 7) is 2.28. The lowest BCUT2D eigenvalue weighted by molar-refractivity contribution is 0.0932. The monoisotopic (exact) mass is 379 g/mol. The molecule has 1 aliphatic heterocycles. The molecule has 4 rings (SSSR count). The first-order valence-corrected chi connectivity index (χ1v) is 9.28. The van der Waals surface area contributed by atoms with Crippen LogP contribution in [0.3, 0.4) is 0 Å². The highest BCUT2D eigenvalue weighted by Crippen LogP contribution is 2.24. The number of H-pyrrole nitrogens is 1. The lowest BCUT2D eigenvalue weighted by Crippen LogP contribution is -2.38. The predicted octanol–water partition coefficient (Wildman–Crippen LogP) is 1.99. The molecule has 144 valence electrons. The first-order chi connectivity index (χ1) is 13.7. The molecule has 0 bridgehead atoms. The van der Waals surface area contributed by atoms with Gasteiger partial charge in [-0.25, -0.2) is 4.98 Å². The molecule has 3 aromatic rings. The molecule has 1 amide bonds. The van der Waals surface area contributed by atoms with Crippen molar-refractivity contribution in [2.24, 2.45) is 0 Å². The van der Waals surface area contributed by atoms with Gasteiger partial charge >= 0.3 is 0 Å². The number of aromatic amines is 1. The zero-order valence-corrected chi connectivity index (χ0v) is 15.3. The van der Waals surface area contributed by atoms with E-state index in [0.717, 1.165) is 37.3 Å². The number of hydrogen-bond acceptors (Lipinski definition) is 6. The highest BCUT2D eigenvalue weighted by molar-refractivity contribution is 5.93.